The second kappa shape index (κ2) is 8.81. The molecule has 9 nitrogen and oxygen atoms in total. The van der Waals surface area contributed by atoms with Crippen molar-refractivity contribution in [1.82, 2.24) is 29.3 Å². The Morgan fingerprint density at radius 1 is 0.974 bits per heavy atom. The third-order valence-electron chi connectivity index (χ3n) is 7.85. The molecule has 7 heterocycles. The van der Waals surface area contributed by atoms with E-state index in [1.807, 2.05) is 74.0 Å². The summed E-state index contributed by atoms with van der Waals surface area (Å²) in [7, 11) is 1.88. The molecule has 3 aliphatic heterocycles. The van der Waals surface area contributed by atoms with Gasteiger partial charge in [-0.1, -0.05) is 17.7 Å². The van der Waals surface area contributed by atoms with Crippen LogP contribution in [0.15, 0.2) is 73.4 Å². The first-order valence-electron chi connectivity index (χ1n) is 13.0. The number of piperazine rings is 1. The summed E-state index contributed by atoms with van der Waals surface area (Å²) in [6, 6.07) is 16.6. The number of piperidine rings is 1. The third-order valence-corrected chi connectivity index (χ3v) is 7.85. The van der Waals surface area contributed by atoms with Crippen molar-refractivity contribution in [2.24, 2.45) is 7.05 Å². The highest BCUT2D eigenvalue weighted by molar-refractivity contribution is 5.95. The van der Waals surface area contributed by atoms with Gasteiger partial charge in [-0.05, 0) is 43.7 Å². The van der Waals surface area contributed by atoms with Crippen LogP contribution in [0, 0.1) is 18.3 Å². The number of fused-ring (bicyclic) bond motifs is 3. The van der Waals surface area contributed by atoms with Gasteiger partial charge in [0.2, 0.25) is 0 Å². The molecule has 2 atom stereocenters. The normalized spacial score (nSPS) is 18.2. The molecule has 0 spiro atoms. The molecule has 5 aromatic rings. The number of carbonyl (C=O) groups is 1. The van der Waals surface area contributed by atoms with Crippen LogP contribution in [0.2, 0.25) is 0 Å². The summed E-state index contributed by atoms with van der Waals surface area (Å²) < 4.78 is 3.51. The summed E-state index contributed by atoms with van der Waals surface area (Å²) >= 11 is 0. The molecule has 8 rings (SSSR count). The van der Waals surface area contributed by atoms with E-state index in [-0.39, 0.29) is 18.0 Å². The minimum absolute atomic E-state index is 0.120. The highest BCUT2D eigenvalue weighted by atomic mass is 16.2. The fourth-order valence-corrected chi connectivity index (χ4v) is 5.94. The van der Waals surface area contributed by atoms with Gasteiger partial charge in [-0.15, -0.1) is 0 Å². The molecule has 9 heteroatoms. The second-order valence-corrected chi connectivity index (χ2v) is 10.4. The van der Waals surface area contributed by atoms with Crippen molar-refractivity contribution in [1.29, 1.82) is 5.26 Å². The summed E-state index contributed by atoms with van der Waals surface area (Å²) in [5, 5.41) is 18.4. The first-order valence-corrected chi connectivity index (χ1v) is 13.0. The van der Waals surface area contributed by atoms with Gasteiger partial charge in [-0.3, -0.25) is 9.48 Å². The van der Waals surface area contributed by atoms with Crippen LogP contribution in [0.5, 0.6) is 0 Å². The molecule has 4 aromatic heterocycles. The average Bonchev–Trinajstić information content (AvgIpc) is 3.58. The molecule has 1 amide bonds. The number of pyridine rings is 2. The number of aryl methyl sites for hydroxylation is 2. The van der Waals surface area contributed by atoms with Gasteiger partial charge in [0.25, 0.3) is 5.91 Å². The van der Waals surface area contributed by atoms with E-state index in [1.54, 1.807) is 15.4 Å². The van der Waals surface area contributed by atoms with Gasteiger partial charge >= 0.3 is 0 Å². The molecular weight excluding hydrogens is 488 g/mol. The Morgan fingerprint density at radius 3 is 2.51 bits per heavy atom. The zero-order valence-electron chi connectivity index (χ0n) is 21.7. The van der Waals surface area contributed by atoms with Crippen LogP contribution < -0.4 is 4.90 Å². The van der Waals surface area contributed by atoms with Crippen molar-refractivity contribution in [3.8, 4) is 28.3 Å². The van der Waals surface area contributed by atoms with E-state index in [2.05, 4.69) is 33.3 Å². The van der Waals surface area contributed by atoms with Crippen molar-refractivity contribution in [2.45, 2.75) is 25.4 Å². The fourth-order valence-electron chi connectivity index (χ4n) is 5.94. The minimum Gasteiger partial charge on any atom is -0.352 e. The number of hydrogen-bond acceptors (Lipinski definition) is 6. The van der Waals surface area contributed by atoms with Crippen molar-refractivity contribution in [3.05, 3.63) is 90.1 Å². The van der Waals surface area contributed by atoms with Crippen LogP contribution in [0.3, 0.4) is 0 Å². The lowest BCUT2D eigenvalue weighted by molar-refractivity contribution is 0.00576. The van der Waals surface area contributed by atoms with E-state index >= 15 is 0 Å². The largest absolute Gasteiger partial charge is 0.352 e. The fraction of sp³-hybridized carbons (Fsp3) is 0.233. The Bertz CT molecular complexity index is 1770. The first-order chi connectivity index (χ1) is 19.0. The van der Waals surface area contributed by atoms with E-state index in [9.17, 15) is 10.1 Å². The standard InChI is InChI=1S/C30H26N8O/c1-19-4-3-5-20(8-19)30(39)38-25-10-26(38)18-36(17-25)28-7-6-21(12-32-28)27-9-22(24-14-33-35(2)15-24)16-37-29(27)23(11-31)13-34-37/h3-9,12-16,25-26H,10,17-18H2,1-2H3. The van der Waals surface area contributed by atoms with Crippen LogP contribution >= 0.6 is 0 Å². The summed E-state index contributed by atoms with van der Waals surface area (Å²) in [6.45, 7) is 3.55. The topological polar surface area (TPSA) is 95.4 Å². The van der Waals surface area contributed by atoms with Gasteiger partial charge in [0.15, 0.2) is 0 Å². The predicted molar refractivity (Wildman–Crippen MR) is 147 cm³/mol. The van der Waals surface area contributed by atoms with Gasteiger partial charge in [0.05, 0.1) is 35.6 Å². The minimum atomic E-state index is 0.120. The SMILES string of the molecule is Cc1cccc(C(=O)N2C3CC2CN(c2ccc(-c4cc(-c5cnn(C)c5)cn5ncc(C#N)c45)cn2)C3)c1. The lowest BCUT2D eigenvalue weighted by Gasteiger charge is -2.56. The Balaban J connectivity index is 1.16. The lowest BCUT2D eigenvalue weighted by atomic mass is 9.86. The number of benzene rings is 1. The Kier molecular flexibility index (Phi) is 5.23. The predicted octanol–water partition coefficient (Wildman–Crippen LogP) is 4.08. The monoisotopic (exact) mass is 514 g/mol. The summed E-state index contributed by atoms with van der Waals surface area (Å²) in [6.07, 6.45) is 10.2. The maximum absolute atomic E-state index is 13.2. The molecule has 39 heavy (non-hydrogen) atoms. The zero-order valence-corrected chi connectivity index (χ0v) is 21.7. The summed E-state index contributed by atoms with van der Waals surface area (Å²) in [4.78, 5) is 22.3. The second-order valence-electron chi connectivity index (χ2n) is 10.4. The van der Waals surface area contributed by atoms with Gasteiger partial charge in [-0.2, -0.15) is 15.5 Å². The molecule has 3 fully saturated rings. The molecule has 192 valence electrons. The number of rotatable bonds is 4. The number of amides is 1. The molecule has 0 aliphatic carbocycles. The van der Waals surface area contributed by atoms with E-state index in [4.69, 9.17) is 4.98 Å². The van der Waals surface area contributed by atoms with Gasteiger partial charge in [0, 0.05) is 66.5 Å². The Hall–Kier alpha value is -4.97. The van der Waals surface area contributed by atoms with Crippen molar-refractivity contribution < 1.29 is 4.79 Å². The lowest BCUT2D eigenvalue weighted by Crippen LogP contribution is -2.70. The van der Waals surface area contributed by atoms with Gasteiger partial charge in [0.1, 0.15) is 11.9 Å². The quantitative estimate of drug-likeness (QED) is 0.359. The number of nitriles is 1. The van der Waals surface area contributed by atoms with Gasteiger partial charge in [-0.25, -0.2) is 9.50 Å². The number of hydrogen-bond donors (Lipinski definition) is 0. The smallest absolute Gasteiger partial charge is 0.254 e. The Labute approximate surface area is 225 Å². The maximum Gasteiger partial charge on any atom is 0.254 e. The highest BCUT2D eigenvalue weighted by Gasteiger charge is 2.47. The van der Waals surface area contributed by atoms with E-state index in [0.29, 0.717) is 5.56 Å². The van der Waals surface area contributed by atoms with Crippen LogP contribution in [-0.2, 0) is 7.05 Å². The number of nitrogens with zero attached hydrogens (tertiary/aromatic N) is 8. The Morgan fingerprint density at radius 2 is 1.82 bits per heavy atom. The molecule has 0 radical (unpaired) electrons. The van der Waals surface area contributed by atoms with Crippen LogP contribution in [0.1, 0.15) is 27.9 Å². The van der Waals surface area contributed by atoms with Crippen molar-refractivity contribution in [3.63, 3.8) is 0 Å². The average molecular weight is 515 g/mol. The van der Waals surface area contributed by atoms with Crippen LogP contribution in [0.4, 0.5) is 5.82 Å². The van der Waals surface area contributed by atoms with Crippen molar-refractivity contribution >= 4 is 17.2 Å². The molecule has 3 aliphatic rings. The van der Waals surface area contributed by atoms with Crippen LogP contribution in [-0.4, -0.2) is 60.4 Å². The molecule has 0 saturated carbocycles. The molecule has 3 saturated heterocycles. The molecule has 0 N–H and O–H groups in total. The van der Waals surface area contributed by atoms with E-state index in [1.165, 1.54) is 0 Å². The first kappa shape index (κ1) is 23.2. The number of aromatic nitrogens is 5. The van der Waals surface area contributed by atoms with Crippen molar-refractivity contribution in [2.75, 3.05) is 18.0 Å². The maximum atomic E-state index is 13.2. The highest BCUT2D eigenvalue weighted by Crippen LogP contribution is 2.37. The van der Waals surface area contributed by atoms with Gasteiger partial charge < -0.3 is 9.80 Å². The number of anilines is 1. The van der Waals surface area contributed by atoms with E-state index < -0.39 is 0 Å². The molecule has 2 unspecified atom stereocenters. The summed E-state index contributed by atoms with van der Waals surface area (Å²) in [5.41, 5.74) is 6.85. The molecular formula is C30H26N8O. The number of carbonyl (C=O) groups excluding carboxylic acids is 1. The summed E-state index contributed by atoms with van der Waals surface area (Å²) in [5.74, 6) is 1.01. The zero-order chi connectivity index (χ0) is 26.7. The van der Waals surface area contributed by atoms with E-state index in [0.717, 1.165) is 64.2 Å². The third kappa shape index (κ3) is 3.84. The molecule has 2 bridgehead atoms. The molecule has 1 aromatic carbocycles. The van der Waals surface area contributed by atoms with Crippen LogP contribution in [0.25, 0.3) is 27.8 Å².